The molecule has 1 saturated carbocycles. The van der Waals surface area contributed by atoms with Crippen LogP contribution in [0.25, 0.3) is 0 Å². The van der Waals surface area contributed by atoms with Crippen LogP contribution < -0.4 is 0 Å². The predicted molar refractivity (Wildman–Crippen MR) is 53.1 cm³/mol. The molecule has 1 heterocycles. The summed E-state index contributed by atoms with van der Waals surface area (Å²) in [6.45, 7) is 0. The molecule has 0 unspecified atom stereocenters. The Balaban J connectivity index is 2.12. The van der Waals surface area contributed by atoms with Gasteiger partial charge in [0.1, 0.15) is 5.82 Å². The van der Waals surface area contributed by atoms with Crippen molar-refractivity contribution in [3.05, 3.63) is 23.8 Å². The van der Waals surface area contributed by atoms with Gasteiger partial charge >= 0.3 is 0 Å². The molecule has 1 aliphatic carbocycles. The van der Waals surface area contributed by atoms with E-state index < -0.39 is 0 Å². The first kappa shape index (κ1) is 10.0. The van der Waals surface area contributed by atoms with Gasteiger partial charge in [0, 0.05) is 25.4 Å². The number of nitrogens with zero attached hydrogens (tertiary/aromatic N) is 3. The Bertz CT molecular complexity index is 359. The lowest BCUT2D eigenvalue weighted by Gasteiger charge is -2.12. The molecule has 0 bridgehead atoms. The number of hydrogen-bond acceptors (Lipinski definition) is 4. The first-order valence-corrected chi connectivity index (χ1v) is 4.86. The van der Waals surface area contributed by atoms with Crippen molar-refractivity contribution in [1.29, 1.82) is 0 Å². The quantitative estimate of drug-likeness (QED) is 0.693. The summed E-state index contributed by atoms with van der Waals surface area (Å²) >= 11 is 0. The normalized spacial score (nSPS) is 15.1. The molecule has 1 fully saturated rings. The van der Waals surface area contributed by atoms with Gasteiger partial charge in [0.2, 0.25) is 0 Å². The van der Waals surface area contributed by atoms with Crippen LogP contribution in [0.2, 0.25) is 0 Å². The van der Waals surface area contributed by atoms with Gasteiger partial charge in [-0.15, -0.1) is 0 Å². The summed E-state index contributed by atoms with van der Waals surface area (Å²) in [7, 11) is 2.99. The second kappa shape index (κ2) is 3.94. The van der Waals surface area contributed by atoms with Crippen molar-refractivity contribution < 1.29 is 9.63 Å². The van der Waals surface area contributed by atoms with E-state index in [2.05, 4.69) is 9.97 Å². The van der Waals surface area contributed by atoms with Gasteiger partial charge in [-0.2, -0.15) is 0 Å². The number of hydroxylamine groups is 2. The Labute approximate surface area is 88.0 Å². The fraction of sp³-hybridized carbons (Fsp3) is 0.500. The highest BCUT2D eigenvalue weighted by Gasteiger charge is 2.26. The van der Waals surface area contributed by atoms with Crippen LogP contribution in [0.3, 0.4) is 0 Å². The molecule has 0 aliphatic heterocycles. The van der Waals surface area contributed by atoms with E-state index in [4.69, 9.17) is 4.84 Å². The van der Waals surface area contributed by atoms with Crippen LogP contribution in [0.1, 0.15) is 34.9 Å². The highest BCUT2D eigenvalue weighted by atomic mass is 16.7. The van der Waals surface area contributed by atoms with E-state index in [0.29, 0.717) is 11.5 Å². The molecule has 0 atom stereocenters. The lowest BCUT2D eigenvalue weighted by molar-refractivity contribution is -0.0757. The maximum absolute atomic E-state index is 11.6. The van der Waals surface area contributed by atoms with Crippen molar-refractivity contribution in [1.82, 2.24) is 15.0 Å². The summed E-state index contributed by atoms with van der Waals surface area (Å²) in [6, 6.07) is 0. The molecule has 1 aromatic heterocycles. The molecule has 5 nitrogen and oxygen atoms in total. The van der Waals surface area contributed by atoms with E-state index in [1.807, 2.05) is 0 Å². The zero-order chi connectivity index (χ0) is 10.8. The molecular formula is C10H13N3O2. The number of carbonyl (C=O) groups is 1. The van der Waals surface area contributed by atoms with Gasteiger partial charge in [-0.1, -0.05) is 0 Å². The molecule has 5 heteroatoms. The predicted octanol–water partition coefficient (Wildman–Crippen LogP) is 0.987. The minimum absolute atomic E-state index is 0.236. The summed E-state index contributed by atoms with van der Waals surface area (Å²) < 4.78 is 0. The molecule has 15 heavy (non-hydrogen) atoms. The largest absolute Gasteiger partial charge is 0.280 e. The third kappa shape index (κ3) is 2.12. The number of hydrogen-bond donors (Lipinski definition) is 0. The van der Waals surface area contributed by atoms with Gasteiger partial charge in [-0.3, -0.25) is 9.63 Å². The van der Waals surface area contributed by atoms with Gasteiger partial charge < -0.3 is 0 Å². The minimum Gasteiger partial charge on any atom is -0.274 e. The third-order valence-electron chi connectivity index (χ3n) is 2.42. The van der Waals surface area contributed by atoms with E-state index in [0.717, 1.165) is 23.7 Å². The minimum atomic E-state index is -0.236. The molecule has 1 amide bonds. The number of amides is 1. The molecule has 1 aliphatic rings. The first-order valence-electron chi connectivity index (χ1n) is 4.86. The zero-order valence-corrected chi connectivity index (χ0v) is 8.80. The van der Waals surface area contributed by atoms with Gasteiger partial charge in [-0.25, -0.2) is 15.0 Å². The van der Waals surface area contributed by atoms with E-state index >= 15 is 0 Å². The van der Waals surface area contributed by atoms with Crippen molar-refractivity contribution in [3.63, 3.8) is 0 Å². The Hall–Kier alpha value is -1.49. The van der Waals surface area contributed by atoms with Crippen LogP contribution in [-0.4, -0.2) is 35.1 Å². The molecule has 0 aromatic carbocycles. The number of carbonyl (C=O) groups excluding carboxylic acids is 1. The number of aromatic nitrogens is 2. The van der Waals surface area contributed by atoms with E-state index in [-0.39, 0.29) is 5.91 Å². The standard InChI is InChI=1S/C10H13N3O2/c1-13(15-2)10(14)8-5-11-9(12-6-8)7-3-4-7/h5-7H,3-4H2,1-2H3. The van der Waals surface area contributed by atoms with Crippen molar-refractivity contribution >= 4 is 5.91 Å². The molecular weight excluding hydrogens is 194 g/mol. The Morgan fingerprint density at radius 1 is 1.47 bits per heavy atom. The second-order valence-corrected chi connectivity index (χ2v) is 3.59. The molecule has 80 valence electrons. The van der Waals surface area contributed by atoms with Gasteiger partial charge in [0.25, 0.3) is 5.91 Å². The lowest BCUT2D eigenvalue weighted by Crippen LogP contribution is -2.25. The monoisotopic (exact) mass is 207 g/mol. The zero-order valence-electron chi connectivity index (χ0n) is 8.80. The Kier molecular flexibility index (Phi) is 2.64. The van der Waals surface area contributed by atoms with Gasteiger partial charge in [-0.05, 0) is 12.8 Å². The Morgan fingerprint density at radius 2 is 2.07 bits per heavy atom. The van der Waals surface area contributed by atoms with Crippen LogP contribution in [-0.2, 0) is 4.84 Å². The summed E-state index contributed by atoms with van der Waals surface area (Å²) in [5.41, 5.74) is 0.448. The van der Waals surface area contributed by atoms with E-state index in [9.17, 15) is 4.79 Å². The van der Waals surface area contributed by atoms with Crippen molar-refractivity contribution in [2.75, 3.05) is 14.2 Å². The van der Waals surface area contributed by atoms with Gasteiger partial charge in [0.15, 0.2) is 0 Å². The Morgan fingerprint density at radius 3 is 2.53 bits per heavy atom. The van der Waals surface area contributed by atoms with Crippen LogP contribution in [0.4, 0.5) is 0 Å². The van der Waals surface area contributed by atoms with Crippen molar-refractivity contribution in [2.24, 2.45) is 0 Å². The summed E-state index contributed by atoms with van der Waals surface area (Å²) in [6.07, 6.45) is 5.42. The van der Waals surface area contributed by atoms with Crippen LogP contribution >= 0.6 is 0 Å². The average Bonchev–Trinajstić information content (AvgIpc) is 3.11. The van der Waals surface area contributed by atoms with E-state index in [1.54, 1.807) is 19.4 Å². The topological polar surface area (TPSA) is 55.3 Å². The second-order valence-electron chi connectivity index (χ2n) is 3.59. The fourth-order valence-corrected chi connectivity index (χ4v) is 1.27. The lowest BCUT2D eigenvalue weighted by atomic mass is 10.3. The fourth-order valence-electron chi connectivity index (χ4n) is 1.27. The third-order valence-corrected chi connectivity index (χ3v) is 2.42. The SMILES string of the molecule is CON(C)C(=O)c1cnc(C2CC2)nc1. The molecule has 2 rings (SSSR count). The van der Waals surface area contributed by atoms with E-state index in [1.165, 1.54) is 7.11 Å². The molecule has 0 spiro atoms. The van der Waals surface area contributed by atoms with Crippen LogP contribution in [0.15, 0.2) is 12.4 Å². The molecule has 1 aromatic rings. The van der Waals surface area contributed by atoms with Gasteiger partial charge in [0.05, 0.1) is 12.7 Å². The highest BCUT2D eigenvalue weighted by molar-refractivity contribution is 5.92. The molecule has 0 saturated heterocycles. The first-order chi connectivity index (χ1) is 7.22. The summed E-state index contributed by atoms with van der Waals surface area (Å²) in [5, 5.41) is 1.15. The maximum Gasteiger partial charge on any atom is 0.280 e. The summed E-state index contributed by atoms with van der Waals surface area (Å²) in [4.78, 5) is 24.7. The summed E-state index contributed by atoms with van der Waals surface area (Å²) in [5.74, 6) is 1.11. The average molecular weight is 207 g/mol. The smallest absolute Gasteiger partial charge is 0.274 e. The highest BCUT2D eigenvalue weighted by Crippen LogP contribution is 2.37. The molecule has 0 N–H and O–H groups in total. The number of rotatable bonds is 3. The maximum atomic E-state index is 11.6. The van der Waals surface area contributed by atoms with Crippen molar-refractivity contribution in [3.8, 4) is 0 Å². The van der Waals surface area contributed by atoms with Crippen molar-refractivity contribution in [2.45, 2.75) is 18.8 Å². The molecule has 0 radical (unpaired) electrons. The van der Waals surface area contributed by atoms with Crippen LogP contribution in [0.5, 0.6) is 0 Å². The van der Waals surface area contributed by atoms with Crippen LogP contribution in [0, 0.1) is 0 Å².